The summed E-state index contributed by atoms with van der Waals surface area (Å²) >= 11 is 0. The van der Waals surface area contributed by atoms with Gasteiger partial charge in [0.25, 0.3) is 0 Å². The Morgan fingerprint density at radius 1 is 0.905 bits per heavy atom. The van der Waals surface area contributed by atoms with Crippen LogP contribution in [0, 0.1) is 23.2 Å². The third kappa shape index (κ3) is 2.05. The zero-order valence-corrected chi connectivity index (χ0v) is 13.8. The van der Waals surface area contributed by atoms with Gasteiger partial charge in [-0.2, -0.15) is 0 Å². The van der Waals surface area contributed by atoms with E-state index in [0.717, 1.165) is 35.3 Å². The van der Waals surface area contributed by atoms with Gasteiger partial charge in [0.1, 0.15) is 0 Å². The molecule has 6 fully saturated rings. The molecule has 4 bridgehead atoms. The van der Waals surface area contributed by atoms with Crippen molar-refractivity contribution in [2.45, 2.75) is 70.4 Å². The fraction of sp³-hybridized carbons (Fsp3) is 1.00. The normalized spacial score (nSPS) is 51.3. The van der Waals surface area contributed by atoms with Crippen molar-refractivity contribution in [2.75, 3.05) is 26.2 Å². The van der Waals surface area contributed by atoms with Crippen LogP contribution >= 0.6 is 0 Å². The van der Waals surface area contributed by atoms with Crippen LogP contribution in [-0.4, -0.2) is 48.1 Å². The first-order valence-corrected chi connectivity index (χ1v) is 9.70. The molecule has 0 spiro atoms. The fourth-order valence-corrected chi connectivity index (χ4v) is 7.44. The minimum Gasteiger partial charge on any atom is -0.298 e. The molecule has 0 amide bonds. The van der Waals surface area contributed by atoms with E-state index in [4.69, 9.17) is 0 Å². The van der Waals surface area contributed by atoms with E-state index in [9.17, 15) is 0 Å². The van der Waals surface area contributed by atoms with Crippen LogP contribution in [0.5, 0.6) is 0 Å². The minimum absolute atomic E-state index is 0.718. The van der Waals surface area contributed by atoms with Crippen molar-refractivity contribution < 1.29 is 0 Å². The molecule has 2 aliphatic heterocycles. The summed E-state index contributed by atoms with van der Waals surface area (Å²) in [5.74, 6) is 3.31. The van der Waals surface area contributed by atoms with E-state index in [0.29, 0.717) is 0 Å². The monoisotopic (exact) mass is 288 g/mol. The molecule has 4 saturated carbocycles. The Kier molecular flexibility index (Phi) is 3.00. The molecule has 2 saturated heterocycles. The van der Waals surface area contributed by atoms with Crippen molar-refractivity contribution in [3.8, 4) is 0 Å². The highest BCUT2D eigenvalue weighted by Gasteiger charge is 2.54. The molecule has 0 radical (unpaired) electrons. The molecule has 4 aliphatic carbocycles. The lowest BCUT2D eigenvalue weighted by Crippen LogP contribution is -2.60. The van der Waals surface area contributed by atoms with Gasteiger partial charge in [0.15, 0.2) is 0 Å². The maximum absolute atomic E-state index is 2.92. The maximum Gasteiger partial charge on any atom is 0.0224 e. The zero-order valence-electron chi connectivity index (χ0n) is 13.8. The highest BCUT2D eigenvalue weighted by atomic mass is 15.3. The zero-order chi connectivity index (χ0) is 14.0. The molecule has 0 aromatic rings. The summed E-state index contributed by atoms with van der Waals surface area (Å²) in [7, 11) is 0. The topological polar surface area (TPSA) is 6.48 Å². The molecule has 2 heterocycles. The van der Waals surface area contributed by atoms with Crippen molar-refractivity contribution in [3.63, 3.8) is 0 Å². The van der Waals surface area contributed by atoms with Gasteiger partial charge in [-0.05, 0) is 88.0 Å². The molecule has 6 aliphatic rings. The van der Waals surface area contributed by atoms with Crippen LogP contribution in [0.3, 0.4) is 0 Å². The van der Waals surface area contributed by atoms with E-state index in [-0.39, 0.29) is 0 Å². The molecule has 6 rings (SSSR count). The van der Waals surface area contributed by atoms with Crippen LogP contribution in [0.2, 0.25) is 0 Å². The summed E-state index contributed by atoms with van der Waals surface area (Å²) in [6, 6.07) is 1.75. The molecule has 21 heavy (non-hydrogen) atoms. The highest BCUT2D eigenvalue weighted by Crippen LogP contribution is 2.62. The van der Waals surface area contributed by atoms with Gasteiger partial charge in [0, 0.05) is 31.7 Å². The second kappa shape index (κ2) is 4.71. The van der Waals surface area contributed by atoms with Crippen LogP contribution in [0.4, 0.5) is 0 Å². The van der Waals surface area contributed by atoms with Crippen molar-refractivity contribution in [1.82, 2.24) is 9.80 Å². The molecule has 2 unspecified atom stereocenters. The number of hydrogen-bond acceptors (Lipinski definition) is 2. The van der Waals surface area contributed by atoms with Gasteiger partial charge in [-0.3, -0.25) is 9.80 Å². The smallest absolute Gasteiger partial charge is 0.0224 e. The standard InChI is InChI=1S/C19H32N2/c1-14(21-6-5-20-4-2-3-18(20)13-21)19-10-15-7-16(11-19)9-17(8-15)12-19/h14-18H,2-13H2,1H3. The summed E-state index contributed by atoms with van der Waals surface area (Å²) in [6.07, 6.45) is 12.4. The summed E-state index contributed by atoms with van der Waals surface area (Å²) in [4.78, 5) is 5.68. The Labute approximate surface area is 130 Å². The van der Waals surface area contributed by atoms with Crippen LogP contribution in [0.1, 0.15) is 58.3 Å². The summed E-state index contributed by atoms with van der Waals surface area (Å²) in [6.45, 7) is 8.06. The van der Waals surface area contributed by atoms with E-state index < -0.39 is 0 Å². The fourth-order valence-electron chi connectivity index (χ4n) is 7.44. The number of fused-ring (bicyclic) bond motifs is 1. The van der Waals surface area contributed by atoms with Gasteiger partial charge >= 0.3 is 0 Å². The Balaban J connectivity index is 1.35. The molecule has 2 nitrogen and oxygen atoms in total. The third-order valence-electron chi connectivity index (χ3n) is 8.14. The highest BCUT2D eigenvalue weighted by molar-refractivity contribution is 5.06. The second-order valence-corrected chi connectivity index (χ2v) is 9.28. The molecule has 2 heteroatoms. The summed E-state index contributed by atoms with van der Waals surface area (Å²) in [5, 5.41) is 0. The Morgan fingerprint density at radius 3 is 2.24 bits per heavy atom. The molecule has 0 aromatic heterocycles. The van der Waals surface area contributed by atoms with E-state index in [1.807, 2.05) is 0 Å². The van der Waals surface area contributed by atoms with Crippen molar-refractivity contribution in [1.29, 1.82) is 0 Å². The van der Waals surface area contributed by atoms with Gasteiger partial charge in [-0.1, -0.05) is 0 Å². The predicted molar refractivity (Wildman–Crippen MR) is 86.2 cm³/mol. The van der Waals surface area contributed by atoms with Crippen LogP contribution in [0.15, 0.2) is 0 Å². The third-order valence-corrected chi connectivity index (χ3v) is 8.14. The number of hydrogen-bond donors (Lipinski definition) is 0. The Bertz CT molecular complexity index is 383. The van der Waals surface area contributed by atoms with Gasteiger partial charge < -0.3 is 0 Å². The van der Waals surface area contributed by atoms with E-state index in [1.54, 1.807) is 38.5 Å². The SMILES string of the molecule is CC(N1CCN2CCCC2C1)C12CC3CC(CC(C3)C1)C2. The molecule has 118 valence electrons. The van der Waals surface area contributed by atoms with Crippen molar-refractivity contribution in [2.24, 2.45) is 23.2 Å². The number of piperazine rings is 1. The Morgan fingerprint density at radius 2 is 1.57 bits per heavy atom. The average molecular weight is 288 g/mol. The number of rotatable bonds is 2. The Hall–Kier alpha value is -0.0800. The maximum atomic E-state index is 2.92. The summed E-state index contributed by atoms with van der Waals surface area (Å²) < 4.78 is 0. The van der Waals surface area contributed by atoms with Crippen LogP contribution in [-0.2, 0) is 0 Å². The van der Waals surface area contributed by atoms with Gasteiger partial charge in [-0.25, -0.2) is 0 Å². The molecule has 2 atom stereocenters. The largest absolute Gasteiger partial charge is 0.298 e. The summed E-state index contributed by atoms with van der Waals surface area (Å²) in [5.41, 5.74) is 0.718. The lowest BCUT2D eigenvalue weighted by molar-refractivity contribution is -0.105. The lowest BCUT2D eigenvalue weighted by atomic mass is 9.47. The lowest BCUT2D eigenvalue weighted by Gasteiger charge is -2.61. The average Bonchev–Trinajstić information content (AvgIpc) is 2.92. The predicted octanol–water partition coefficient (Wildman–Crippen LogP) is 3.37. The number of nitrogens with zero attached hydrogens (tertiary/aromatic N) is 2. The van der Waals surface area contributed by atoms with E-state index in [2.05, 4.69) is 16.7 Å². The molecule has 0 N–H and O–H groups in total. The van der Waals surface area contributed by atoms with Gasteiger partial charge in [-0.15, -0.1) is 0 Å². The quantitative estimate of drug-likeness (QED) is 0.768. The first-order valence-electron chi connectivity index (χ1n) is 9.70. The van der Waals surface area contributed by atoms with Gasteiger partial charge in [0.05, 0.1) is 0 Å². The minimum atomic E-state index is 0.718. The van der Waals surface area contributed by atoms with Crippen LogP contribution in [0.25, 0.3) is 0 Å². The van der Waals surface area contributed by atoms with Crippen molar-refractivity contribution in [3.05, 3.63) is 0 Å². The van der Waals surface area contributed by atoms with E-state index >= 15 is 0 Å². The molecular weight excluding hydrogens is 256 g/mol. The molecular formula is C19H32N2. The second-order valence-electron chi connectivity index (χ2n) is 9.28. The first-order chi connectivity index (χ1) is 10.2. The first kappa shape index (κ1) is 13.4. The van der Waals surface area contributed by atoms with Crippen molar-refractivity contribution >= 4 is 0 Å². The van der Waals surface area contributed by atoms with Gasteiger partial charge in [0.2, 0.25) is 0 Å². The van der Waals surface area contributed by atoms with E-state index in [1.165, 1.54) is 39.0 Å². The van der Waals surface area contributed by atoms with Crippen LogP contribution < -0.4 is 0 Å². The molecule has 0 aromatic carbocycles.